The summed E-state index contributed by atoms with van der Waals surface area (Å²) in [6, 6.07) is 7.50. The molecular weight excluding hydrogens is 372 g/mol. The molecule has 2 heterocycles. The number of thioether (sulfide) groups is 1. The Kier molecular flexibility index (Phi) is 5.38. The lowest BCUT2D eigenvalue weighted by molar-refractivity contribution is 0.697. The van der Waals surface area contributed by atoms with Gasteiger partial charge < -0.3 is 4.57 Å². The van der Waals surface area contributed by atoms with E-state index in [0.29, 0.717) is 27.9 Å². The van der Waals surface area contributed by atoms with Gasteiger partial charge in [0.2, 0.25) is 0 Å². The van der Waals surface area contributed by atoms with Gasteiger partial charge in [0.25, 0.3) is 5.56 Å². The molecule has 0 saturated carbocycles. The summed E-state index contributed by atoms with van der Waals surface area (Å²) >= 11 is 7.82. The first-order chi connectivity index (χ1) is 12.5. The number of imidazole rings is 1. The van der Waals surface area contributed by atoms with Gasteiger partial charge in [-0.1, -0.05) is 53.7 Å². The molecule has 0 saturated heterocycles. The van der Waals surface area contributed by atoms with E-state index in [1.54, 1.807) is 7.05 Å². The van der Waals surface area contributed by atoms with Crippen molar-refractivity contribution in [3.05, 3.63) is 67.8 Å². The average Bonchev–Trinajstić information content (AvgIpc) is 2.99. The number of fused-ring (bicyclic) bond motifs is 1. The molecule has 0 aliphatic rings. The molecule has 136 valence electrons. The van der Waals surface area contributed by atoms with Gasteiger partial charge in [-0.15, -0.1) is 0 Å². The van der Waals surface area contributed by atoms with Gasteiger partial charge in [0.05, 0.1) is 6.54 Å². The molecule has 0 spiro atoms. The standard InChI is InChI=1S/C18H19ClN4O2S/c1-4-5-10-26-17-20-15-14(16(24)22(3)18(25)21(15)2)23(17)11-12-8-6-7-9-13(12)19/h4-9H,10-11H2,1-3H3/b5-4+. The Morgan fingerprint density at radius 2 is 1.92 bits per heavy atom. The third kappa shape index (κ3) is 3.24. The number of allylic oxidation sites excluding steroid dienone is 1. The lowest BCUT2D eigenvalue weighted by atomic mass is 10.2. The molecule has 0 aliphatic carbocycles. The molecule has 0 unspecified atom stereocenters. The minimum absolute atomic E-state index is 0.361. The number of rotatable bonds is 5. The minimum atomic E-state index is -0.394. The Morgan fingerprint density at radius 3 is 2.62 bits per heavy atom. The number of aryl methyl sites for hydroxylation is 1. The summed E-state index contributed by atoms with van der Waals surface area (Å²) in [5.41, 5.74) is 0.915. The maximum atomic E-state index is 12.8. The Bertz CT molecular complexity index is 1110. The zero-order valence-corrected chi connectivity index (χ0v) is 16.3. The lowest BCUT2D eigenvalue weighted by Gasteiger charge is -2.10. The predicted molar refractivity (Wildman–Crippen MR) is 106 cm³/mol. The molecule has 0 bridgehead atoms. The van der Waals surface area contributed by atoms with Gasteiger partial charge in [-0.05, 0) is 18.6 Å². The van der Waals surface area contributed by atoms with Crippen molar-refractivity contribution in [2.45, 2.75) is 18.6 Å². The van der Waals surface area contributed by atoms with Crippen LogP contribution in [0.5, 0.6) is 0 Å². The molecule has 26 heavy (non-hydrogen) atoms. The van der Waals surface area contributed by atoms with E-state index in [1.807, 2.05) is 47.9 Å². The van der Waals surface area contributed by atoms with Crippen molar-refractivity contribution in [1.29, 1.82) is 0 Å². The normalized spacial score (nSPS) is 11.7. The molecule has 1 aromatic carbocycles. The van der Waals surface area contributed by atoms with Gasteiger partial charge in [-0.2, -0.15) is 0 Å². The first-order valence-corrected chi connectivity index (χ1v) is 9.45. The van der Waals surface area contributed by atoms with E-state index in [4.69, 9.17) is 11.6 Å². The van der Waals surface area contributed by atoms with Crippen molar-refractivity contribution in [2.24, 2.45) is 14.1 Å². The van der Waals surface area contributed by atoms with Gasteiger partial charge >= 0.3 is 5.69 Å². The second kappa shape index (κ2) is 7.55. The van der Waals surface area contributed by atoms with Crippen LogP contribution in [0.4, 0.5) is 0 Å². The highest BCUT2D eigenvalue weighted by Crippen LogP contribution is 2.25. The molecule has 0 atom stereocenters. The number of hydrogen-bond donors (Lipinski definition) is 0. The summed E-state index contributed by atoms with van der Waals surface area (Å²) < 4.78 is 4.35. The van der Waals surface area contributed by atoms with Gasteiger partial charge in [-0.3, -0.25) is 13.9 Å². The van der Waals surface area contributed by atoms with E-state index in [2.05, 4.69) is 4.98 Å². The van der Waals surface area contributed by atoms with Crippen molar-refractivity contribution in [3.63, 3.8) is 0 Å². The molecule has 0 amide bonds. The lowest BCUT2D eigenvalue weighted by Crippen LogP contribution is -2.37. The summed E-state index contributed by atoms with van der Waals surface area (Å²) in [5, 5.41) is 1.30. The summed E-state index contributed by atoms with van der Waals surface area (Å²) in [7, 11) is 3.10. The van der Waals surface area contributed by atoms with Crippen molar-refractivity contribution in [3.8, 4) is 0 Å². The molecular formula is C18H19ClN4O2S. The van der Waals surface area contributed by atoms with E-state index >= 15 is 0 Å². The zero-order chi connectivity index (χ0) is 18.8. The largest absolute Gasteiger partial charge is 0.332 e. The quantitative estimate of drug-likeness (QED) is 0.496. The molecule has 0 aliphatic heterocycles. The average molecular weight is 391 g/mol. The van der Waals surface area contributed by atoms with Crippen LogP contribution in [0.3, 0.4) is 0 Å². The van der Waals surface area contributed by atoms with Crippen LogP contribution in [-0.2, 0) is 20.6 Å². The van der Waals surface area contributed by atoms with E-state index in [-0.39, 0.29) is 5.56 Å². The SMILES string of the molecule is C/C=C/CSc1nc2c(c(=O)n(C)c(=O)n2C)n1Cc1ccccc1Cl. The van der Waals surface area contributed by atoms with Gasteiger partial charge in [0.1, 0.15) is 0 Å². The predicted octanol–water partition coefficient (Wildman–Crippen LogP) is 2.80. The number of halogens is 1. The van der Waals surface area contributed by atoms with Crippen LogP contribution < -0.4 is 11.2 Å². The Labute approximate surface area is 159 Å². The third-order valence-electron chi connectivity index (χ3n) is 4.14. The maximum absolute atomic E-state index is 12.8. The Morgan fingerprint density at radius 1 is 1.19 bits per heavy atom. The first kappa shape index (κ1) is 18.5. The smallest absolute Gasteiger partial charge is 0.309 e. The molecule has 0 radical (unpaired) electrons. The second-order valence-electron chi connectivity index (χ2n) is 5.83. The van der Waals surface area contributed by atoms with Crippen LogP contribution in [0.15, 0.2) is 51.2 Å². The van der Waals surface area contributed by atoms with Gasteiger partial charge in [0, 0.05) is 24.9 Å². The van der Waals surface area contributed by atoms with E-state index < -0.39 is 5.69 Å². The molecule has 3 rings (SSSR count). The highest BCUT2D eigenvalue weighted by Gasteiger charge is 2.19. The van der Waals surface area contributed by atoms with Crippen molar-refractivity contribution >= 4 is 34.5 Å². The van der Waals surface area contributed by atoms with Crippen molar-refractivity contribution in [2.75, 3.05) is 5.75 Å². The fourth-order valence-electron chi connectivity index (χ4n) is 2.70. The molecule has 0 fully saturated rings. The minimum Gasteiger partial charge on any atom is -0.309 e. The molecule has 0 N–H and O–H groups in total. The molecule has 2 aromatic heterocycles. The molecule has 3 aromatic rings. The number of hydrogen-bond acceptors (Lipinski definition) is 4. The number of benzene rings is 1. The summed E-state index contributed by atoms with van der Waals surface area (Å²) in [5.74, 6) is 0.719. The Balaban J connectivity index is 2.26. The zero-order valence-electron chi connectivity index (χ0n) is 14.8. The van der Waals surface area contributed by atoms with Crippen LogP contribution in [-0.4, -0.2) is 24.4 Å². The first-order valence-electron chi connectivity index (χ1n) is 8.09. The topological polar surface area (TPSA) is 61.8 Å². The summed E-state index contributed by atoms with van der Waals surface area (Å²) in [4.78, 5) is 29.6. The summed E-state index contributed by atoms with van der Waals surface area (Å²) in [6.45, 7) is 2.36. The molecule has 6 nitrogen and oxygen atoms in total. The van der Waals surface area contributed by atoms with Crippen LogP contribution in [0.1, 0.15) is 12.5 Å². The highest BCUT2D eigenvalue weighted by atomic mass is 35.5. The van der Waals surface area contributed by atoms with E-state index in [9.17, 15) is 9.59 Å². The number of aromatic nitrogens is 4. The monoisotopic (exact) mass is 390 g/mol. The van der Waals surface area contributed by atoms with Crippen LogP contribution in [0.25, 0.3) is 11.2 Å². The van der Waals surface area contributed by atoms with Crippen molar-refractivity contribution < 1.29 is 0 Å². The maximum Gasteiger partial charge on any atom is 0.332 e. The van der Waals surface area contributed by atoms with E-state index in [1.165, 1.54) is 23.4 Å². The van der Waals surface area contributed by atoms with Crippen molar-refractivity contribution in [1.82, 2.24) is 18.7 Å². The third-order valence-corrected chi connectivity index (χ3v) is 5.44. The highest BCUT2D eigenvalue weighted by molar-refractivity contribution is 7.99. The van der Waals surface area contributed by atoms with E-state index in [0.717, 1.165) is 15.9 Å². The van der Waals surface area contributed by atoms with Crippen LogP contribution >= 0.6 is 23.4 Å². The Hall–Kier alpha value is -2.25. The second-order valence-corrected chi connectivity index (χ2v) is 7.22. The molecule has 8 heteroatoms. The van der Waals surface area contributed by atoms with Crippen LogP contribution in [0, 0.1) is 0 Å². The fraction of sp³-hybridized carbons (Fsp3) is 0.278. The van der Waals surface area contributed by atoms with Gasteiger partial charge in [0.15, 0.2) is 16.3 Å². The number of nitrogens with zero attached hydrogens (tertiary/aromatic N) is 4. The summed E-state index contributed by atoms with van der Waals surface area (Å²) in [6.07, 6.45) is 3.98. The fourth-order valence-corrected chi connectivity index (χ4v) is 3.80. The van der Waals surface area contributed by atoms with Gasteiger partial charge in [-0.25, -0.2) is 9.78 Å². The van der Waals surface area contributed by atoms with Crippen LogP contribution in [0.2, 0.25) is 5.02 Å².